The molecular formula is C12H22N2O3S2. The molecule has 0 aliphatic rings. The van der Waals surface area contributed by atoms with Crippen LogP contribution in [-0.4, -0.2) is 42.3 Å². The summed E-state index contributed by atoms with van der Waals surface area (Å²) in [7, 11) is 0.179. The largest absolute Gasteiger partial charge is 0.385 e. The number of methoxy groups -OCH3 is 1. The van der Waals surface area contributed by atoms with Crippen molar-refractivity contribution in [3.63, 3.8) is 0 Å². The molecule has 0 saturated carbocycles. The van der Waals surface area contributed by atoms with Crippen LogP contribution in [0.4, 0.5) is 0 Å². The maximum absolute atomic E-state index is 12.0. The van der Waals surface area contributed by atoms with Gasteiger partial charge in [0, 0.05) is 25.1 Å². The fourth-order valence-corrected chi connectivity index (χ4v) is 4.01. The molecule has 1 aromatic rings. The van der Waals surface area contributed by atoms with Gasteiger partial charge in [-0.25, -0.2) is 13.1 Å². The molecule has 7 heteroatoms. The number of hydrogen-bond donors (Lipinski definition) is 2. The SMILES string of the molecule is CNCCc1ccc(S(=O)(=O)NCCCCOC)s1. The molecule has 2 N–H and O–H groups in total. The molecule has 110 valence electrons. The van der Waals surface area contributed by atoms with Crippen LogP contribution < -0.4 is 10.0 Å². The minimum Gasteiger partial charge on any atom is -0.385 e. The summed E-state index contributed by atoms with van der Waals surface area (Å²) < 4.78 is 31.9. The number of hydrogen-bond acceptors (Lipinski definition) is 5. The summed E-state index contributed by atoms with van der Waals surface area (Å²) in [6, 6.07) is 3.55. The summed E-state index contributed by atoms with van der Waals surface area (Å²) in [6.45, 7) is 1.97. The second kappa shape index (κ2) is 8.65. The van der Waals surface area contributed by atoms with Crippen molar-refractivity contribution in [2.45, 2.75) is 23.5 Å². The van der Waals surface area contributed by atoms with Crippen LogP contribution >= 0.6 is 11.3 Å². The first kappa shape index (κ1) is 16.6. The van der Waals surface area contributed by atoms with E-state index >= 15 is 0 Å². The lowest BCUT2D eigenvalue weighted by molar-refractivity contribution is 0.193. The summed E-state index contributed by atoms with van der Waals surface area (Å²) in [6.07, 6.45) is 2.49. The van der Waals surface area contributed by atoms with E-state index < -0.39 is 10.0 Å². The lowest BCUT2D eigenvalue weighted by Gasteiger charge is -2.04. The number of nitrogens with one attached hydrogen (secondary N) is 2. The monoisotopic (exact) mass is 306 g/mol. The normalized spacial score (nSPS) is 11.9. The maximum atomic E-state index is 12.0. The first-order valence-electron chi connectivity index (χ1n) is 6.32. The molecule has 0 atom stereocenters. The highest BCUT2D eigenvalue weighted by atomic mass is 32.2. The smallest absolute Gasteiger partial charge is 0.250 e. The zero-order valence-electron chi connectivity index (χ0n) is 11.4. The molecule has 0 bridgehead atoms. The lowest BCUT2D eigenvalue weighted by atomic mass is 10.3. The molecule has 5 nitrogen and oxygen atoms in total. The van der Waals surface area contributed by atoms with Crippen LogP contribution in [0.2, 0.25) is 0 Å². The Morgan fingerprint density at radius 2 is 2.05 bits per heavy atom. The number of unbranched alkanes of at least 4 members (excludes halogenated alkanes) is 1. The van der Waals surface area contributed by atoms with Gasteiger partial charge in [-0.1, -0.05) is 0 Å². The van der Waals surface area contributed by atoms with E-state index in [2.05, 4.69) is 10.0 Å². The number of ether oxygens (including phenoxy) is 1. The Bertz CT molecular complexity index is 457. The average Bonchev–Trinajstić information content (AvgIpc) is 2.85. The fourth-order valence-electron chi connectivity index (χ4n) is 1.53. The van der Waals surface area contributed by atoms with Crippen LogP contribution in [0.5, 0.6) is 0 Å². The van der Waals surface area contributed by atoms with Gasteiger partial charge in [0.05, 0.1) is 0 Å². The van der Waals surface area contributed by atoms with Crippen molar-refractivity contribution in [2.24, 2.45) is 0 Å². The van der Waals surface area contributed by atoms with E-state index in [4.69, 9.17) is 4.74 Å². The highest BCUT2D eigenvalue weighted by Crippen LogP contribution is 2.21. The average molecular weight is 306 g/mol. The Labute approximate surface area is 119 Å². The molecule has 0 spiro atoms. The molecular weight excluding hydrogens is 284 g/mol. The molecule has 0 saturated heterocycles. The predicted octanol–water partition coefficient (Wildman–Crippen LogP) is 1.21. The lowest BCUT2D eigenvalue weighted by Crippen LogP contribution is -2.24. The number of rotatable bonds is 10. The Kier molecular flexibility index (Phi) is 7.55. The molecule has 1 heterocycles. The Hall–Kier alpha value is -0.470. The van der Waals surface area contributed by atoms with Crippen molar-refractivity contribution in [2.75, 3.05) is 33.9 Å². The maximum Gasteiger partial charge on any atom is 0.250 e. The third-order valence-corrected chi connectivity index (χ3v) is 5.69. The summed E-state index contributed by atoms with van der Waals surface area (Å²) in [5, 5.41) is 3.05. The summed E-state index contributed by atoms with van der Waals surface area (Å²) in [5.74, 6) is 0. The molecule has 0 radical (unpaired) electrons. The van der Waals surface area contributed by atoms with Gasteiger partial charge in [-0.2, -0.15) is 0 Å². The summed E-state index contributed by atoms with van der Waals surface area (Å²) in [5.41, 5.74) is 0. The van der Waals surface area contributed by atoms with Crippen LogP contribution in [0.3, 0.4) is 0 Å². The van der Waals surface area contributed by atoms with Crippen molar-refractivity contribution in [1.82, 2.24) is 10.0 Å². The van der Waals surface area contributed by atoms with Crippen molar-refractivity contribution < 1.29 is 13.2 Å². The summed E-state index contributed by atoms with van der Waals surface area (Å²) in [4.78, 5) is 1.08. The molecule has 0 amide bonds. The van der Waals surface area contributed by atoms with Gasteiger partial charge < -0.3 is 10.1 Å². The minimum atomic E-state index is -3.34. The highest BCUT2D eigenvalue weighted by Gasteiger charge is 2.15. The Morgan fingerprint density at radius 1 is 1.26 bits per heavy atom. The molecule has 0 aliphatic heterocycles. The number of thiophene rings is 1. The molecule has 0 unspecified atom stereocenters. The van der Waals surface area contributed by atoms with Crippen LogP contribution in [-0.2, 0) is 21.2 Å². The quantitative estimate of drug-likeness (QED) is 0.638. The Balaban J connectivity index is 2.45. The zero-order valence-corrected chi connectivity index (χ0v) is 13.1. The van der Waals surface area contributed by atoms with Gasteiger partial charge in [0.2, 0.25) is 10.0 Å². The van der Waals surface area contributed by atoms with Gasteiger partial charge in [0.25, 0.3) is 0 Å². The van der Waals surface area contributed by atoms with Gasteiger partial charge >= 0.3 is 0 Å². The van der Waals surface area contributed by atoms with Gasteiger partial charge in [0.15, 0.2) is 0 Å². The standard InChI is InChI=1S/C12H22N2O3S2/c1-13-9-7-11-5-6-12(18-11)19(15,16)14-8-3-4-10-17-2/h5-6,13-14H,3-4,7-10H2,1-2H3. The number of sulfonamides is 1. The minimum absolute atomic E-state index is 0.394. The van der Waals surface area contributed by atoms with E-state index in [1.54, 1.807) is 13.2 Å². The van der Waals surface area contributed by atoms with Gasteiger partial charge in [-0.3, -0.25) is 0 Å². The number of likely N-dealkylation sites (N-methyl/N-ethyl adjacent to an activating group) is 1. The van der Waals surface area contributed by atoms with Crippen LogP contribution in [0.15, 0.2) is 16.3 Å². The fraction of sp³-hybridized carbons (Fsp3) is 0.667. The molecule has 19 heavy (non-hydrogen) atoms. The van der Waals surface area contributed by atoms with Gasteiger partial charge in [-0.05, 0) is 45.0 Å². The highest BCUT2D eigenvalue weighted by molar-refractivity contribution is 7.91. The topological polar surface area (TPSA) is 67.4 Å². The van der Waals surface area contributed by atoms with Crippen molar-refractivity contribution in [3.8, 4) is 0 Å². The van der Waals surface area contributed by atoms with E-state index in [0.717, 1.165) is 30.7 Å². The van der Waals surface area contributed by atoms with Gasteiger partial charge in [-0.15, -0.1) is 11.3 Å². The van der Waals surface area contributed by atoms with Crippen molar-refractivity contribution in [3.05, 3.63) is 17.0 Å². The molecule has 0 fully saturated rings. The molecule has 1 aromatic heterocycles. The predicted molar refractivity (Wildman–Crippen MR) is 78.2 cm³/mol. The third kappa shape index (κ3) is 6.01. The molecule has 1 rings (SSSR count). The van der Waals surface area contributed by atoms with E-state index in [-0.39, 0.29) is 0 Å². The first-order chi connectivity index (χ1) is 9.10. The van der Waals surface area contributed by atoms with Crippen LogP contribution in [0.25, 0.3) is 0 Å². The second-order valence-corrected chi connectivity index (χ2v) is 7.33. The third-order valence-electron chi connectivity index (χ3n) is 2.59. The van der Waals surface area contributed by atoms with Crippen LogP contribution in [0, 0.1) is 0 Å². The van der Waals surface area contributed by atoms with Crippen LogP contribution in [0.1, 0.15) is 17.7 Å². The van der Waals surface area contributed by atoms with Crippen molar-refractivity contribution >= 4 is 21.4 Å². The summed E-state index contributed by atoms with van der Waals surface area (Å²) >= 11 is 1.33. The molecule has 0 aliphatic carbocycles. The molecule has 0 aromatic carbocycles. The van der Waals surface area contributed by atoms with Crippen molar-refractivity contribution in [1.29, 1.82) is 0 Å². The zero-order chi connectivity index (χ0) is 14.1. The van der Waals surface area contributed by atoms with E-state index in [1.165, 1.54) is 11.3 Å². The van der Waals surface area contributed by atoms with E-state index in [9.17, 15) is 8.42 Å². The first-order valence-corrected chi connectivity index (χ1v) is 8.62. The van der Waals surface area contributed by atoms with Gasteiger partial charge in [0.1, 0.15) is 4.21 Å². The Morgan fingerprint density at radius 3 is 2.74 bits per heavy atom. The second-order valence-electron chi connectivity index (χ2n) is 4.17. The van der Waals surface area contributed by atoms with E-state index in [1.807, 2.05) is 13.1 Å². The van der Waals surface area contributed by atoms with E-state index in [0.29, 0.717) is 17.4 Å².